The zero-order valence-electron chi connectivity index (χ0n) is 68.4. The standard InChI is InChI=1S/2C16H23N5O8S2.2C15H21N5O9S2/c1-7(2)28-14(24)16(4,5)29-20-11(9-6-30-15(17)18-9)12(22)19-10-8(3)21(13(10)23)31(25,26)27;1-7(2)17-15-18-9(6-30-15)11(20-29-16(4,5)14(24)25)12(22)19-10-8(3)21(13(10)23)31(26,27)28;1-7(2)28-9(21)5-27-19-10(8-6-30-14(16)17-8)12(22)18-11-13(23)20(15(11,3)4)29-31(24,25)26;1-7(2)16-14-17-8(6-30-14)10(19-28-5-9(21)22)12(23)18-11-13(24)20(15(11,3)4)29-31(25,26)27/h6-8,10H,1-5H3,(H2,17,18)(H,19,22)(H,25,26,27);6-8,10H,1-5H3,(H,17,18)(H,19,22)(H,24,25)(H,26,27,28);6-7,11H,5H2,1-4H3,(H2,16,17)(H,18,22)(H,24,25,26);6-7,11H,5H2,1-4H3,(H,16,17)(H,18,23)(H,21,22)(H,25,26,27)/b2*20-11-;2*19-10-/t2*8-,10-;2*11-/m0011/s1. The van der Waals surface area contributed by atoms with Gasteiger partial charge in [0.1, 0.15) is 46.9 Å². The van der Waals surface area contributed by atoms with Gasteiger partial charge in [-0.15, -0.1) is 53.9 Å². The van der Waals surface area contributed by atoms with Crippen LogP contribution in [0.15, 0.2) is 42.1 Å². The lowest BCUT2D eigenvalue weighted by atomic mass is 9.84. The minimum atomic E-state index is -4.95. The van der Waals surface area contributed by atoms with Gasteiger partial charge >= 0.3 is 65.3 Å². The number of hydroxylamine groups is 4. The smallest absolute Gasteiger partial charge is 0.418 e. The number of nitrogens with zero attached hydrogens (tertiary/aromatic N) is 12. The molecule has 0 spiro atoms. The predicted octanol–water partition coefficient (Wildman–Crippen LogP) is -1.39. The molecule has 0 aliphatic carbocycles. The lowest BCUT2D eigenvalue weighted by Crippen LogP contribution is -2.76. The number of nitrogens with one attached hydrogen (secondary N) is 6. The third kappa shape index (κ3) is 27.9. The van der Waals surface area contributed by atoms with E-state index in [1.165, 1.54) is 90.8 Å². The van der Waals surface area contributed by atoms with Gasteiger partial charge in [-0.1, -0.05) is 20.6 Å². The van der Waals surface area contributed by atoms with E-state index >= 15 is 0 Å². The van der Waals surface area contributed by atoms with E-state index in [0.29, 0.717) is 20.4 Å². The van der Waals surface area contributed by atoms with Crippen molar-refractivity contribution in [3.8, 4) is 0 Å². The van der Waals surface area contributed by atoms with E-state index < -0.39 is 208 Å². The van der Waals surface area contributed by atoms with Crippen LogP contribution in [0.3, 0.4) is 0 Å². The van der Waals surface area contributed by atoms with E-state index in [9.17, 15) is 96.3 Å². The quantitative estimate of drug-likeness (QED) is 0.00819. The van der Waals surface area contributed by atoms with Crippen LogP contribution in [0.4, 0.5) is 20.5 Å². The van der Waals surface area contributed by atoms with Crippen LogP contribution in [-0.2, 0) is 136 Å². The Morgan fingerprint density at radius 1 is 0.492 bits per heavy atom. The summed E-state index contributed by atoms with van der Waals surface area (Å²) in [4.78, 5) is 181. The fourth-order valence-corrected chi connectivity index (χ4v) is 15.3. The highest BCUT2D eigenvalue weighted by molar-refractivity contribution is 7.84. The van der Waals surface area contributed by atoms with Gasteiger partial charge < -0.3 is 82.4 Å². The predicted molar refractivity (Wildman–Crippen MR) is 431 cm³/mol. The van der Waals surface area contributed by atoms with Crippen molar-refractivity contribution in [3.05, 3.63) is 44.3 Å². The molecular weight excluding hydrogens is 1830 g/mol. The van der Waals surface area contributed by atoms with Crippen molar-refractivity contribution in [3.63, 3.8) is 0 Å². The molecule has 0 saturated carbocycles. The zero-order valence-corrected chi connectivity index (χ0v) is 74.9. The summed E-state index contributed by atoms with van der Waals surface area (Å²) in [5, 5.41) is 55.6. The maximum atomic E-state index is 12.8. The molecule has 8 heterocycles. The second-order valence-electron chi connectivity index (χ2n) is 29.0. The number of carbonyl (C=O) groups excluding carboxylic acids is 10. The number of amides is 8. The molecule has 8 amide bonds. The summed E-state index contributed by atoms with van der Waals surface area (Å²) in [6.07, 6.45) is -0.779. The molecule has 4 aromatic rings. The molecule has 0 radical (unpaired) electrons. The van der Waals surface area contributed by atoms with Crippen molar-refractivity contribution in [1.82, 2.24) is 59.9 Å². The van der Waals surface area contributed by atoms with E-state index in [1.807, 2.05) is 27.7 Å². The van der Waals surface area contributed by atoms with Gasteiger partial charge in [0, 0.05) is 33.6 Å². The number of rotatable bonds is 36. The van der Waals surface area contributed by atoms with E-state index in [0.717, 1.165) is 45.3 Å². The number of carbonyl (C=O) groups is 12. The van der Waals surface area contributed by atoms with Crippen LogP contribution in [0.25, 0.3) is 0 Å². The molecular formula is C62H88N20O34S8. The lowest BCUT2D eigenvalue weighted by Gasteiger charge is -2.50. The van der Waals surface area contributed by atoms with Crippen molar-refractivity contribution in [2.24, 2.45) is 20.6 Å². The average molecular weight is 1910 g/mol. The highest BCUT2D eigenvalue weighted by Crippen LogP contribution is 2.35. The van der Waals surface area contributed by atoms with Crippen molar-refractivity contribution in [2.75, 3.05) is 35.3 Å². The number of anilines is 4. The first-order chi connectivity index (χ1) is 56.7. The summed E-state index contributed by atoms with van der Waals surface area (Å²) in [6, 6.07) is -6.93. The third-order valence-corrected chi connectivity index (χ3v) is 21.4. The molecule has 8 rings (SSSR count). The van der Waals surface area contributed by atoms with Crippen LogP contribution in [0.1, 0.15) is 147 Å². The molecule has 4 aliphatic rings. The number of aliphatic carboxylic acids is 2. The first-order valence-electron chi connectivity index (χ1n) is 35.3. The molecule has 124 heavy (non-hydrogen) atoms. The highest BCUT2D eigenvalue weighted by atomic mass is 32.3. The number of hydrogen-bond acceptors (Lipinski definition) is 44. The van der Waals surface area contributed by atoms with E-state index in [4.69, 9.17) is 58.8 Å². The number of esters is 2. The summed E-state index contributed by atoms with van der Waals surface area (Å²) in [7, 11) is -19.4. The Labute approximate surface area is 721 Å². The van der Waals surface area contributed by atoms with Crippen molar-refractivity contribution in [2.45, 2.75) is 207 Å². The number of hydrogen-bond donors (Lipinski definition) is 14. The van der Waals surface area contributed by atoms with Crippen LogP contribution in [0.5, 0.6) is 0 Å². The lowest BCUT2D eigenvalue weighted by molar-refractivity contribution is -0.218. The third-order valence-electron chi connectivity index (χ3n) is 15.8. The molecule has 688 valence electrons. The van der Waals surface area contributed by atoms with Gasteiger partial charge in [0.05, 0.1) is 35.4 Å². The summed E-state index contributed by atoms with van der Waals surface area (Å²) in [5.41, 5.74) is 3.74. The number of oxime groups is 4. The normalized spacial score (nSPS) is 19.1. The molecule has 4 aromatic heterocycles. The number of nitrogens with two attached hydrogens (primary N) is 2. The molecule has 0 aromatic carbocycles. The molecule has 4 saturated heterocycles. The summed E-state index contributed by atoms with van der Waals surface area (Å²) in [5.74, 6) is -11.7. The minimum absolute atomic E-state index is 0.0130. The van der Waals surface area contributed by atoms with Gasteiger partial charge in [0.15, 0.2) is 43.4 Å². The van der Waals surface area contributed by atoms with Gasteiger partial charge in [-0.2, -0.15) is 43.8 Å². The van der Waals surface area contributed by atoms with E-state index in [1.54, 1.807) is 27.7 Å². The van der Waals surface area contributed by atoms with Crippen LogP contribution in [0.2, 0.25) is 0 Å². The van der Waals surface area contributed by atoms with E-state index in [2.05, 4.69) is 85.9 Å². The van der Waals surface area contributed by atoms with Crippen LogP contribution in [-0.4, -0.2) is 291 Å². The minimum Gasteiger partial charge on any atom is -0.479 e. The highest BCUT2D eigenvalue weighted by Gasteiger charge is 2.60. The van der Waals surface area contributed by atoms with Crippen LogP contribution in [0, 0.1) is 0 Å². The number of carboxylic acid groups (broad SMARTS) is 2. The molecule has 0 bridgehead atoms. The maximum absolute atomic E-state index is 12.8. The monoisotopic (exact) mass is 1910 g/mol. The fraction of sp³-hybridized carbons (Fsp3) is 0.548. The van der Waals surface area contributed by atoms with Crippen molar-refractivity contribution in [1.29, 1.82) is 0 Å². The van der Waals surface area contributed by atoms with Crippen molar-refractivity contribution < 1.29 is 157 Å². The maximum Gasteiger partial charge on any atom is 0.418 e. The second kappa shape index (κ2) is 41.1. The molecule has 0 unspecified atom stereocenters. The Morgan fingerprint density at radius 3 is 1.10 bits per heavy atom. The van der Waals surface area contributed by atoms with Gasteiger partial charge in [-0.05, 0) is 125 Å². The molecule has 16 N–H and O–H groups in total. The fourth-order valence-electron chi connectivity index (χ4n) is 9.82. The largest absolute Gasteiger partial charge is 0.479 e. The Kier molecular flexibility index (Phi) is 34.2. The van der Waals surface area contributed by atoms with Gasteiger partial charge in [-0.3, -0.25) is 56.6 Å². The van der Waals surface area contributed by atoms with Crippen LogP contribution < -0.4 is 43.4 Å². The number of thiazole rings is 4. The molecule has 54 nitrogen and oxygen atoms in total. The Balaban J connectivity index is 0.000000294. The summed E-state index contributed by atoms with van der Waals surface area (Å²) < 4.78 is 143. The first kappa shape index (κ1) is 103. The Hall–Kier alpha value is -11.2. The number of nitrogen functional groups attached to an aromatic ring is 2. The molecule has 4 aliphatic heterocycles. The first-order valence-corrected chi connectivity index (χ1v) is 44.3. The molecule has 4 fully saturated rings. The Bertz CT molecular complexity index is 5330. The number of β-lactam (4-membered cyclic amide) rings is 4. The number of ether oxygens (including phenoxy) is 2. The van der Waals surface area contributed by atoms with Gasteiger partial charge in [0.25, 0.3) is 47.3 Å². The average Bonchev–Trinajstić information content (AvgIpc) is 0.791. The Morgan fingerprint density at radius 2 is 0.815 bits per heavy atom. The summed E-state index contributed by atoms with van der Waals surface area (Å²) >= 11 is 4.35. The summed E-state index contributed by atoms with van der Waals surface area (Å²) in [6.45, 7) is 26.1. The van der Waals surface area contributed by atoms with Crippen molar-refractivity contribution >= 4 is 201 Å². The zero-order chi connectivity index (χ0) is 94.6. The van der Waals surface area contributed by atoms with E-state index in [-0.39, 0.29) is 65.5 Å². The van der Waals surface area contributed by atoms with Gasteiger partial charge in [-0.25, -0.2) is 47.7 Å². The second-order valence-corrected chi connectivity index (χ2v) is 37.1. The molecule has 62 heteroatoms. The topological polar surface area (TPSA) is 775 Å². The van der Waals surface area contributed by atoms with Gasteiger partial charge in [0.2, 0.25) is 24.4 Å². The molecule has 6 atom stereocenters. The van der Waals surface area contributed by atoms with Crippen LogP contribution >= 0.6 is 45.3 Å². The SMILES string of the molecule is CC(C)Nc1nc(/C(=N/OC(C)(C)C(=O)O)C(=O)N[C@@H]2C(=O)N(S(=O)(=O)O)[C@H]2C)cs1.CC(C)Nc1nc(/C(=N/OCC(=O)O)C(=O)N[C@@H]2C(=O)N(OS(=O)(=O)O)C2(C)C)cs1.CC(C)OC(=O)C(C)(C)O/N=C(\C(=O)N[C@@H]1C(=O)N(S(=O)(=O)O)[C@H]1C)c1csc(N)n1.CC(C)OC(=O)CO/N=C(\C(=O)N[C@@H]1C(=O)N(OS(=O)(=O)O)C1(C)C)c1csc(N)n1. The number of aromatic nitrogens is 4. The number of carboxylic acids is 2.